The summed E-state index contributed by atoms with van der Waals surface area (Å²) < 4.78 is 127. The molecule has 7 rings (SSSR count). The summed E-state index contributed by atoms with van der Waals surface area (Å²) in [5, 5.41) is 11.4. The van der Waals surface area contributed by atoms with E-state index in [0.29, 0.717) is 48.7 Å². The van der Waals surface area contributed by atoms with Gasteiger partial charge in [0.25, 0.3) is 5.91 Å². The van der Waals surface area contributed by atoms with E-state index in [-0.39, 0.29) is 43.2 Å². The number of pyridine rings is 1. The van der Waals surface area contributed by atoms with E-state index in [1.54, 1.807) is 22.8 Å². The molecule has 0 aliphatic carbocycles. The average Bonchev–Trinajstić information content (AvgIpc) is 4.12. The van der Waals surface area contributed by atoms with Crippen molar-refractivity contribution in [2.75, 3.05) is 36.2 Å². The molecule has 0 spiro atoms. The second-order valence-corrected chi connectivity index (χ2v) is 19.4. The van der Waals surface area contributed by atoms with Crippen LogP contribution >= 0.6 is 23.6 Å². The van der Waals surface area contributed by atoms with E-state index in [4.69, 9.17) is 27.0 Å². The fourth-order valence-electron chi connectivity index (χ4n) is 8.32. The van der Waals surface area contributed by atoms with Crippen molar-refractivity contribution in [1.29, 1.82) is 5.26 Å². The molecule has 71 heavy (non-hydrogen) atoms. The Morgan fingerprint density at radius 1 is 1.01 bits per heavy atom. The molecular formula is C47H45F8N9O5S2. The molecule has 2 aliphatic heterocycles. The van der Waals surface area contributed by atoms with Crippen LogP contribution in [0.3, 0.4) is 0 Å². The Morgan fingerprint density at radius 2 is 1.75 bits per heavy atom. The molecule has 2 N–H and O–H groups in total. The van der Waals surface area contributed by atoms with Crippen LogP contribution in [0.5, 0.6) is 5.75 Å². The van der Waals surface area contributed by atoms with Crippen LogP contribution < -0.4 is 19.9 Å². The number of amides is 3. The molecule has 376 valence electrons. The molecule has 2 unspecified atom stereocenters. The highest BCUT2D eigenvalue weighted by atomic mass is 32.1. The Bertz CT molecular complexity index is 2880. The molecule has 2 atom stereocenters. The quantitative estimate of drug-likeness (QED) is 0.0582. The van der Waals surface area contributed by atoms with Gasteiger partial charge in [0.05, 0.1) is 69.7 Å². The number of halogens is 8. The smallest absolute Gasteiger partial charge is 0.420 e. The number of likely N-dealkylation sites (tertiary alicyclic amines) is 1. The Kier molecular flexibility index (Phi) is 14.9. The normalized spacial score (nSPS) is 16.7. The average molecular weight is 1030 g/mol. The van der Waals surface area contributed by atoms with E-state index in [0.717, 1.165) is 46.3 Å². The first kappa shape index (κ1) is 52.2. The first-order valence-corrected chi connectivity index (χ1v) is 23.2. The maximum Gasteiger partial charge on any atom is 0.420 e. The van der Waals surface area contributed by atoms with Crippen molar-refractivity contribution in [2.45, 2.75) is 90.3 Å². The van der Waals surface area contributed by atoms with E-state index in [1.165, 1.54) is 37.3 Å². The molecule has 2 saturated heterocycles. The second kappa shape index (κ2) is 20.3. The number of ether oxygens (including phenoxy) is 2. The lowest BCUT2D eigenvalue weighted by molar-refractivity contribution is -0.141. The number of unbranched alkanes of at least 4 members (excludes halogenated alkanes) is 1. The Hall–Kier alpha value is -6.58. The molecule has 2 fully saturated rings. The molecule has 3 aromatic heterocycles. The van der Waals surface area contributed by atoms with Crippen molar-refractivity contribution in [3.8, 4) is 33.6 Å². The lowest BCUT2D eigenvalue weighted by Gasteiger charge is -2.35. The van der Waals surface area contributed by atoms with Crippen LogP contribution in [0.1, 0.15) is 88.9 Å². The molecule has 2 aromatic carbocycles. The summed E-state index contributed by atoms with van der Waals surface area (Å²) in [5.74, 6) is -4.60. The number of nitrogens with zero attached hydrogens (tertiary/aromatic N) is 7. The number of benzene rings is 2. The summed E-state index contributed by atoms with van der Waals surface area (Å²) in [5.41, 5.74) is -6.85. The van der Waals surface area contributed by atoms with E-state index in [2.05, 4.69) is 25.3 Å². The molecule has 3 amide bonds. The van der Waals surface area contributed by atoms with Crippen LogP contribution in [0.4, 0.5) is 46.5 Å². The fourth-order valence-corrected chi connectivity index (χ4v) is 9.43. The number of hydrogen-bond donors (Lipinski definition) is 2. The Balaban J connectivity index is 0.939. The van der Waals surface area contributed by atoms with Gasteiger partial charge in [-0.2, -0.15) is 31.6 Å². The minimum atomic E-state index is -5.33. The van der Waals surface area contributed by atoms with Gasteiger partial charge in [-0.25, -0.2) is 13.8 Å². The van der Waals surface area contributed by atoms with Gasteiger partial charge in [0.15, 0.2) is 16.7 Å². The van der Waals surface area contributed by atoms with Gasteiger partial charge in [0, 0.05) is 31.0 Å². The van der Waals surface area contributed by atoms with Gasteiger partial charge in [-0.05, 0) is 87.5 Å². The molecule has 5 heterocycles. The fraction of sp³-hybridized carbons (Fsp3) is 0.404. The van der Waals surface area contributed by atoms with E-state index >= 15 is 8.78 Å². The van der Waals surface area contributed by atoms with Gasteiger partial charge < -0.3 is 29.6 Å². The largest absolute Gasteiger partial charge is 0.494 e. The van der Waals surface area contributed by atoms with Gasteiger partial charge in [-0.15, -0.1) is 11.3 Å². The van der Waals surface area contributed by atoms with Crippen LogP contribution in [0.25, 0.3) is 21.8 Å². The van der Waals surface area contributed by atoms with Crippen molar-refractivity contribution in [3.05, 3.63) is 94.6 Å². The van der Waals surface area contributed by atoms with Gasteiger partial charge in [0.2, 0.25) is 11.8 Å². The van der Waals surface area contributed by atoms with Crippen LogP contribution in [-0.4, -0.2) is 85.6 Å². The van der Waals surface area contributed by atoms with Crippen molar-refractivity contribution in [1.82, 2.24) is 30.2 Å². The lowest BCUT2D eigenvalue weighted by Crippen LogP contribution is -2.55. The van der Waals surface area contributed by atoms with E-state index in [1.807, 2.05) is 20.8 Å². The van der Waals surface area contributed by atoms with Crippen LogP contribution in [0, 0.1) is 28.4 Å². The van der Waals surface area contributed by atoms with Crippen molar-refractivity contribution in [2.24, 2.45) is 5.41 Å². The highest BCUT2D eigenvalue weighted by molar-refractivity contribution is 7.81. The second-order valence-electron chi connectivity index (χ2n) is 18.2. The number of thiocarbonyl (C=S) groups is 1. The number of anilines is 2. The Morgan fingerprint density at radius 3 is 2.39 bits per heavy atom. The predicted molar refractivity (Wildman–Crippen MR) is 248 cm³/mol. The first-order chi connectivity index (χ1) is 33.3. The highest BCUT2D eigenvalue weighted by Gasteiger charge is 2.52. The number of hydrogen-bond acceptors (Lipinski definition) is 11. The number of aromatic amines is 1. The molecule has 0 saturated carbocycles. The maximum atomic E-state index is 15.9. The number of alkyl halides is 6. The summed E-state index contributed by atoms with van der Waals surface area (Å²) in [7, 11) is 0. The van der Waals surface area contributed by atoms with E-state index in [9.17, 15) is 40.7 Å². The molecular weight excluding hydrogens is 987 g/mol. The van der Waals surface area contributed by atoms with Gasteiger partial charge in [0.1, 0.15) is 41.0 Å². The maximum absolute atomic E-state index is 15.9. The highest BCUT2D eigenvalue weighted by Crippen LogP contribution is 2.44. The zero-order chi connectivity index (χ0) is 51.8. The van der Waals surface area contributed by atoms with Gasteiger partial charge in [-0.3, -0.25) is 29.3 Å². The third kappa shape index (κ3) is 10.9. The summed E-state index contributed by atoms with van der Waals surface area (Å²) in [4.78, 5) is 60.5. The third-order valence-corrected chi connectivity index (χ3v) is 13.0. The van der Waals surface area contributed by atoms with Crippen LogP contribution in [0.2, 0.25) is 0 Å². The number of imidazole rings is 1. The number of carbonyl (C=O) groups excluding carboxylic acids is 3. The lowest BCUT2D eigenvalue weighted by atomic mass is 9.85. The van der Waals surface area contributed by atoms with E-state index < -0.39 is 91.5 Å². The van der Waals surface area contributed by atoms with Gasteiger partial charge >= 0.3 is 12.4 Å². The Labute approximate surface area is 411 Å². The van der Waals surface area contributed by atoms with Crippen molar-refractivity contribution < 1.29 is 59.0 Å². The molecule has 0 bridgehead atoms. The zero-order valence-electron chi connectivity index (χ0n) is 38.6. The number of aromatic nitrogens is 4. The summed E-state index contributed by atoms with van der Waals surface area (Å²) in [6, 6.07) is 5.07. The van der Waals surface area contributed by atoms with Crippen LogP contribution in [-0.2, 0) is 31.5 Å². The minimum Gasteiger partial charge on any atom is -0.494 e. The SMILES string of the molecule is CC(C)(C)C(NC(=O)COCCCCOc1ccc(-c2ncc(N3C(=S)N(c4ccc(C#N)c(C(F)(F)F)c4F)C(=O)C3(C)C)cc2F)c(C(F)(F)F)c1)C(=O)N1CCCC1c1ncc(-c2cncs2)[nH]1. The summed E-state index contributed by atoms with van der Waals surface area (Å²) >= 11 is 6.84. The van der Waals surface area contributed by atoms with Crippen molar-refractivity contribution >= 4 is 57.8 Å². The molecule has 2 aliphatic rings. The monoisotopic (exact) mass is 1030 g/mol. The number of carbonyl (C=O) groups is 3. The number of H-pyrrole nitrogens is 1. The topological polar surface area (TPSA) is 170 Å². The summed E-state index contributed by atoms with van der Waals surface area (Å²) in [6.07, 6.45) is -3.91. The van der Waals surface area contributed by atoms with Crippen LogP contribution in [0.15, 0.2) is 60.5 Å². The number of thiazole rings is 1. The first-order valence-electron chi connectivity index (χ1n) is 21.9. The molecule has 24 heteroatoms. The molecule has 14 nitrogen and oxygen atoms in total. The molecule has 0 radical (unpaired) electrons. The third-order valence-electron chi connectivity index (χ3n) is 11.8. The zero-order valence-corrected chi connectivity index (χ0v) is 40.2. The molecule has 5 aromatic rings. The predicted octanol–water partition coefficient (Wildman–Crippen LogP) is 9.77. The standard InChI is InChI=1S/C47H45F8N9O5S2/c1-44(2,3)39(41(66)62-14-8-9-33(62)40-59-21-31(60-40)34-22-57-24-71-34)61-35(65)23-68-15-6-7-16-69-27-11-12-28(29(18-27)46(50,51)52)38-30(48)17-26(20-58-38)64-43(70)63(42(67)45(64,4)5)32-13-10-25(19-56)36(37(32)49)47(53,54)55/h10-13,17-18,20-22,24,33,39H,6-9,14-16,23H2,1-5H3,(H,59,60)(H,61,65). The van der Waals surface area contributed by atoms with Gasteiger partial charge in [-0.1, -0.05) is 20.8 Å². The number of nitrogens with one attached hydrogen (secondary N) is 2. The summed E-state index contributed by atoms with van der Waals surface area (Å²) in [6.45, 7) is 8.22. The minimum absolute atomic E-state index is 0.0579. The van der Waals surface area contributed by atoms with Crippen molar-refractivity contribution in [3.63, 3.8) is 0 Å². The number of nitriles is 1. The number of rotatable bonds is 15.